The molecule has 0 aliphatic carbocycles. The molecule has 1 N–H and O–H groups in total. The van der Waals surface area contributed by atoms with Crippen LogP contribution in [-0.2, 0) is 4.74 Å². The Morgan fingerprint density at radius 2 is 1.22 bits per heavy atom. The first-order valence-corrected chi connectivity index (χ1v) is 12.6. The van der Waals surface area contributed by atoms with Crippen LogP contribution >= 0.6 is 0 Å². The molecule has 0 radical (unpaired) electrons. The van der Waals surface area contributed by atoms with Crippen molar-refractivity contribution < 1.29 is 19.1 Å². The lowest BCUT2D eigenvalue weighted by atomic mass is 9.94. The normalized spacial score (nSPS) is 11.1. The number of ether oxygens (including phenoxy) is 2. The summed E-state index contributed by atoms with van der Waals surface area (Å²) in [7, 11) is 0. The van der Waals surface area contributed by atoms with E-state index < -0.39 is 12.2 Å². The van der Waals surface area contributed by atoms with E-state index >= 15 is 0 Å². The number of alkyl carbamates (subject to hydrolysis) is 1. The van der Waals surface area contributed by atoms with Crippen molar-refractivity contribution in [3.63, 3.8) is 0 Å². The van der Waals surface area contributed by atoms with Gasteiger partial charge in [0.05, 0.1) is 6.61 Å². The number of unbranched alkanes of at least 4 members (excludes halogenated alkanes) is 10. The first-order chi connectivity index (χ1) is 15.4. The summed E-state index contributed by atoms with van der Waals surface area (Å²) in [6.07, 6.45) is 12.0. The monoisotopic (exact) mass is 447 g/mol. The van der Waals surface area contributed by atoms with Crippen LogP contribution in [0.2, 0.25) is 0 Å². The van der Waals surface area contributed by atoms with Crippen LogP contribution in [0, 0.1) is 0 Å². The van der Waals surface area contributed by atoms with Gasteiger partial charge in [-0.3, -0.25) is 0 Å². The van der Waals surface area contributed by atoms with E-state index in [1.807, 2.05) is 45.9 Å². The molecule has 0 saturated carbocycles. The zero-order chi connectivity index (χ0) is 23.8. The number of hydrogen-bond acceptors (Lipinski definition) is 4. The van der Waals surface area contributed by atoms with Gasteiger partial charge in [0.15, 0.2) is 0 Å². The second-order valence-corrected chi connectivity index (χ2v) is 9.26. The third kappa shape index (κ3) is 11.5. The number of rotatable bonds is 15. The highest BCUT2D eigenvalue weighted by molar-refractivity contribution is 5.88. The molecule has 0 aliphatic rings. The minimum Gasteiger partial charge on any atom is -0.449 e. The van der Waals surface area contributed by atoms with Gasteiger partial charge in [-0.25, -0.2) is 14.9 Å². The van der Waals surface area contributed by atoms with Gasteiger partial charge in [-0.2, -0.15) is 0 Å². The summed E-state index contributed by atoms with van der Waals surface area (Å²) in [5.74, 6) is 0.933. The van der Waals surface area contributed by atoms with E-state index in [1.165, 1.54) is 51.4 Å². The Bertz CT molecular complexity index is 643. The molecule has 0 heterocycles. The SMILES string of the molecule is CCCCCCCCCCCCCOC(=O)NC(=O)Oc1c(C(C)C)cccc1C(C)C. The highest BCUT2D eigenvalue weighted by Gasteiger charge is 2.19. The molecular formula is C27H45NO4. The van der Waals surface area contributed by atoms with Crippen LogP contribution in [-0.4, -0.2) is 18.8 Å². The van der Waals surface area contributed by atoms with E-state index in [4.69, 9.17) is 9.47 Å². The molecule has 1 rings (SSSR count). The molecule has 5 nitrogen and oxygen atoms in total. The Morgan fingerprint density at radius 1 is 0.750 bits per heavy atom. The molecule has 0 unspecified atom stereocenters. The largest absolute Gasteiger partial charge is 0.449 e. The van der Waals surface area contributed by atoms with Gasteiger partial charge in [0.2, 0.25) is 0 Å². The second-order valence-electron chi connectivity index (χ2n) is 9.26. The fourth-order valence-electron chi connectivity index (χ4n) is 3.77. The molecule has 182 valence electrons. The molecule has 0 saturated heterocycles. The molecule has 1 aromatic rings. The standard InChI is InChI=1S/C27H45NO4/c1-6-7-8-9-10-11-12-13-14-15-16-20-31-26(29)28-27(30)32-25-23(21(2)3)18-17-19-24(25)22(4)5/h17-19,21-22H,6-16,20H2,1-5H3,(H,28,29,30). The smallest absolute Gasteiger partial charge is 0.422 e. The fourth-order valence-corrected chi connectivity index (χ4v) is 3.77. The molecule has 2 amide bonds. The van der Waals surface area contributed by atoms with Gasteiger partial charge in [-0.15, -0.1) is 0 Å². The fraction of sp³-hybridized carbons (Fsp3) is 0.704. The maximum absolute atomic E-state index is 12.3. The highest BCUT2D eigenvalue weighted by atomic mass is 16.6. The van der Waals surface area contributed by atoms with E-state index in [1.54, 1.807) is 0 Å². The van der Waals surface area contributed by atoms with Gasteiger partial charge in [-0.05, 0) is 29.4 Å². The topological polar surface area (TPSA) is 64.6 Å². The quantitative estimate of drug-likeness (QED) is 0.274. The summed E-state index contributed by atoms with van der Waals surface area (Å²) in [4.78, 5) is 24.2. The second kappa shape index (κ2) is 16.6. The van der Waals surface area contributed by atoms with Crippen molar-refractivity contribution in [2.45, 2.75) is 117 Å². The zero-order valence-electron chi connectivity index (χ0n) is 21.0. The van der Waals surface area contributed by atoms with Crippen molar-refractivity contribution in [2.24, 2.45) is 0 Å². The van der Waals surface area contributed by atoms with Gasteiger partial charge >= 0.3 is 12.2 Å². The van der Waals surface area contributed by atoms with E-state index in [0.717, 1.165) is 30.4 Å². The van der Waals surface area contributed by atoms with E-state index in [0.29, 0.717) is 12.4 Å². The van der Waals surface area contributed by atoms with Crippen LogP contribution in [0.3, 0.4) is 0 Å². The van der Waals surface area contributed by atoms with Crippen molar-refractivity contribution in [2.75, 3.05) is 6.61 Å². The number of amides is 2. The van der Waals surface area contributed by atoms with E-state index in [-0.39, 0.29) is 11.8 Å². The summed E-state index contributed by atoms with van der Waals surface area (Å²) < 4.78 is 10.7. The molecule has 0 aliphatic heterocycles. The van der Waals surface area contributed by atoms with E-state index in [9.17, 15) is 9.59 Å². The summed E-state index contributed by atoms with van der Waals surface area (Å²) in [5, 5.41) is 2.18. The van der Waals surface area contributed by atoms with Crippen molar-refractivity contribution in [3.05, 3.63) is 29.3 Å². The molecule has 1 aromatic carbocycles. The molecule has 0 atom stereocenters. The minimum atomic E-state index is -0.802. The van der Waals surface area contributed by atoms with Crippen LogP contribution in [0.25, 0.3) is 0 Å². The third-order valence-electron chi connectivity index (χ3n) is 5.70. The predicted molar refractivity (Wildman–Crippen MR) is 132 cm³/mol. The van der Waals surface area contributed by atoms with Crippen molar-refractivity contribution in [1.29, 1.82) is 0 Å². The zero-order valence-corrected chi connectivity index (χ0v) is 21.0. The predicted octanol–water partition coefficient (Wildman–Crippen LogP) is 8.47. The first-order valence-electron chi connectivity index (χ1n) is 12.6. The van der Waals surface area contributed by atoms with Gasteiger partial charge in [0.1, 0.15) is 5.75 Å². The average molecular weight is 448 g/mol. The van der Waals surface area contributed by atoms with Crippen molar-refractivity contribution in [1.82, 2.24) is 5.32 Å². The third-order valence-corrected chi connectivity index (χ3v) is 5.70. The first kappa shape index (κ1) is 28.0. The highest BCUT2D eigenvalue weighted by Crippen LogP contribution is 2.34. The summed E-state index contributed by atoms with van der Waals surface area (Å²) in [5.41, 5.74) is 1.89. The summed E-state index contributed by atoms with van der Waals surface area (Å²) in [6, 6.07) is 5.87. The van der Waals surface area contributed by atoms with Crippen LogP contribution in [0.1, 0.15) is 128 Å². The van der Waals surface area contributed by atoms with Crippen molar-refractivity contribution in [3.8, 4) is 5.75 Å². The van der Waals surface area contributed by atoms with E-state index in [2.05, 4.69) is 12.2 Å². The number of imide groups is 1. The van der Waals surface area contributed by atoms with Gasteiger partial charge in [0.25, 0.3) is 0 Å². The molecule has 0 bridgehead atoms. The molecule has 5 heteroatoms. The Morgan fingerprint density at radius 3 is 1.69 bits per heavy atom. The maximum Gasteiger partial charge on any atom is 0.422 e. The lowest BCUT2D eigenvalue weighted by Gasteiger charge is -2.18. The van der Waals surface area contributed by atoms with Crippen LogP contribution in [0.5, 0.6) is 5.75 Å². The molecule has 0 aromatic heterocycles. The molecule has 32 heavy (non-hydrogen) atoms. The number of carbonyl (C=O) groups excluding carboxylic acids is 2. The van der Waals surface area contributed by atoms with Gasteiger partial charge < -0.3 is 9.47 Å². The van der Waals surface area contributed by atoms with Crippen LogP contribution in [0.15, 0.2) is 18.2 Å². The Kier molecular flexibility index (Phi) is 14.5. The van der Waals surface area contributed by atoms with Gasteiger partial charge in [-0.1, -0.05) is 117 Å². The Hall–Kier alpha value is -2.04. The lowest BCUT2D eigenvalue weighted by Crippen LogP contribution is -2.34. The summed E-state index contributed by atoms with van der Waals surface area (Å²) in [6.45, 7) is 10.8. The Balaban J connectivity index is 2.24. The van der Waals surface area contributed by atoms with Gasteiger partial charge in [0, 0.05) is 0 Å². The number of para-hydroxylation sites is 1. The molecular weight excluding hydrogens is 402 g/mol. The number of benzene rings is 1. The van der Waals surface area contributed by atoms with Crippen molar-refractivity contribution >= 4 is 12.2 Å². The number of hydrogen-bond donors (Lipinski definition) is 1. The summed E-state index contributed by atoms with van der Waals surface area (Å²) >= 11 is 0. The Labute approximate surface area is 195 Å². The number of carbonyl (C=O) groups is 2. The van der Waals surface area contributed by atoms with Crippen LogP contribution in [0.4, 0.5) is 9.59 Å². The molecule has 0 spiro atoms. The minimum absolute atomic E-state index is 0.199. The number of nitrogens with one attached hydrogen (secondary N) is 1. The molecule has 0 fully saturated rings. The van der Waals surface area contributed by atoms with Crippen LogP contribution < -0.4 is 10.1 Å². The lowest BCUT2D eigenvalue weighted by molar-refractivity contribution is 0.139. The maximum atomic E-state index is 12.3. The average Bonchev–Trinajstić information content (AvgIpc) is 2.74.